The molecule has 2 aromatic rings. The lowest BCUT2D eigenvalue weighted by molar-refractivity contribution is -0.141. The molecule has 2 amide bonds. The Kier molecular flexibility index (Phi) is 6.79. The molecule has 0 bridgehead atoms. The highest BCUT2D eigenvalue weighted by molar-refractivity contribution is 9.11. The topological polar surface area (TPSA) is 101 Å². The minimum atomic E-state index is -1.09. The van der Waals surface area contributed by atoms with Crippen molar-refractivity contribution in [2.24, 2.45) is 5.16 Å². The highest BCUT2D eigenvalue weighted by Gasteiger charge is 2.47. The number of carbonyl (C=O) groups excluding carboxylic acids is 2. The van der Waals surface area contributed by atoms with E-state index in [9.17, 15) is 9.59 Å². The Bertz CT molecular complexity index is 1050. The summed E-state index contributed by atoms with van der Waals surface area (Å²) >= 11 is 4.66. The van der Waals surface area contributed by atoms with Crippen LogP contribution in [0.15, 0.2) is 39.3 Å². The first kappa shape index (κ1) is 22.7. The molecular weight excluding hydrogens is 500 g/mol. The summed E-state index contributed by atoms with van der Waals surface area (Å²) < 4.78 is 11.6. The molecule has 3 heterocycles. The number of anilines is 2. The van der Waals surface area contributed by atoms with Gasteiger partial charge in [-0.1, -0.05) is 5.16 Å². The van der Waals surface area contributed by atoms with E-state index in [0.29, 0.717) is 36.2 Å². The van der Waals surface area contributed by atoms with Gasteiger partial charge in [0, 0.05) is 17.9 Å². The van der Waals surface area contributed by atoms with Gasteiger partial charge in [-0.15, -0.1) is 11.3 Å². The number of amides is 2. The SMILES string of the molecule is CO/N=C1/COCCN1c1ccc(NC(=O)C2(NC(=O)c3ccc(Br)s3)COC2)cc1C. The van der Waals surface area contributed by atoms with E-state index in [4.69, 9.17) is 14.3 Å². The van der Waals surface area contributed by atoms with Crippen LogP contribution >= 0.6 is 27.3 Å². The number of nitrogens with zero attached hydrogens (tertiary/aromatic N) is 2. The zero-order chi connectivity index (χ0) is 22.7. The Morgan fingerprint density at radius 1 is 1.25 bits per heavy atom. The molecule has 1 aromatic heterocycles. The van der Waals surface area contributed by atoms with Crippen molar-refractivity contribution in [3.63, 3.8) is 0 Å². The molecule has 9 nitrogen and oxygen atoms in total. The first-order chi connectivity index (χ1) is 15.4. The maximum absolute atomic E-state index is 13.0. The fraction of sp³-hybridized carbons (Fsp3) is 0.381. The Hall–Kier alpha value is -2.47. The Morgan fingerprint density at radius 3 is 2.69 bits per heavy atom. The first-order valence-electron chi connectivity index (χ1n) is 9.95. The highest BCUT2D eigenvalue weighted by atomic mass is 79.9. The zero-order valence-electron chi connectivity index (χ0n) is 17.6. The van der Waals surface area contributed by atoms with Crippen LogP contribution in [0.4, 0.5) is 11.4 Å². The third kappa shape index (κ3) is 4.65. The average Bonchev–Trinajstić information content (AvgIpc) is 3.18. The van der Waals surface area contributed by atoms with Gasteiger partial charge in [-0.25, -0.2) is 0 Å². The third-order valence-electron chi connectivity index (χ3n) is 5.23. The predicted molar refractivity (Wildman–Crippen MR) is 125 cm³/mol. The summed E-state index contributed by atoms with van der Waals surface area (Å²) in [7, 11) is 1.50. The van der Waals surface area contributed by atoms with Gasteiger partial charge in [-0.2, -0.15) is 0 Å². The molecule has 0 spiro atoms. The van der Waals surface area contributed by atoms with Crippen molar-refractivity contribution in [3.05, 3.63) is 44.6 Å². The van der Waals surface area contributed by atoms with Crippen LogP contribution in [0.2, 0.25) is 0 Å². The second-order valence-corrected chi connectivity index (χ2v) is 9.95. The van der Waals surface area contributed by atoms with Crippen molar-refractivity contribution in [1.29, 1.82) is 0 Å². The number of halogens is 1. The second kappa shape index (κ2) is 9.57. The molecular formula is C21H23BrN4O5S. The molecule has 2 aliphatic heterocycles. The van der Waals surface area contributed by atoms with Gasteiger partial charge in [0.25, 0.3) is 11.8 Å². The molecule has 0 aliphatic carbocycles. The third-order valence-corrected chi connectivity index (χ3v) is 6.85. The number of oxime groups is 1. The summed E-state index contributed by atoms with van der Waals surface area (Å²) in [5, 5.41) is 9.81. The van der Waals surface area contributed by atoms with Crippen LogP contribution in [0.5, 0.6) is 0 Å². The lowest BCUT2D eigenvalue weighted by atomic mass is 9.95. The molecule has 32 heavy (non-hydrogen) atoms. The van der Waals surface area contributed by atoms with Crippen molar-refractivity contribution < 1.29 is 23.9 Å². The maximum Gasteiger partial charge on any atom is 0.262 e. The van der Waals surface area contributed by atoms with Gasteiger partial charge in [0.05, 0.1) is 28.5 Å². The molecule has 2 aliphatic rings. The monoisotopic (exact) mass is 522 g/mol. The number of hydrogen-bond donors (Lipinski definition) is 2. The predicted octanol–water partition coefficient (Wildman–Crippen LogP) is 2.75. The van der Waals surface area contributed by atoms with E-state index in [1.165, 1.54) is 18.4 Å². The molecule has 4 rings (SSSR count). The number of rotatable bonds is 6. The van der Waals surface area contributed by atoms with E-state index in [-0.39, 0.29) is 25.0 Å². The molecule has 2 fully saturated rings. The number of ether oxygens (including phenoxy) is 2. The van der Waals surface area contributed by atoms with Gasteiger partial charge >= 0.3 is 0 Å². The number of nitrogens with one attached hydrogen (secondary N) is 2. The number of amidine groups is 1. The Labute approximate surface area is 197 Å². The van der Waals surface area contributed by atoms with E-state index in [2.05, 4.69) is 31.7 Å². The number of aryl methyl sites for hydroxylation is 1. The lowest BCUT2D eigenvalue weighted by Crippen LogP contribution is -2.68. The largest absolute Gasteiger partial charge is 0.398 e. The molecule has 0 radical (unpaired) electrons. The molecule has 0 atom stereocenters. The van der Waals surface area contributed by atoms with Crippen molar-refractivity contribution in [2.45, 2.75) is 12.5 Å². The zero-order valence-corrected chi connectivity index (χ0v) is 20.0. The maximum atomic E-state index is 13.0. The van der Waals surface area contributed by atoms with Gasteiger partial charge < -0.3 is 29.8 Å². The number of hydrogen-bond acceptors (Lipinski definition) is 7. The fourth-order valence-electron chi connectivity index (χ4n) is 3.54. The molecule has 2 N–H and O–H groups in total. The number of benzene rings is 1. The highest BCUT2D eigenvalue weighted by Crippen LogP contribution is 2.28. The second-order valence-electron chi connectivity index (χ2n) is 7.48. The van der Waals surface area contributed by atoms with Crippen LogP contribution in [-0.4, -0.2) is 63.3 Å². The first-order valence-corrected chi connectivity index (χ1v) is 11.6. The van der Waals surface area contributed by atoms with Gasteiger partial charge in [0.1, 0.15) is 13.7 Å². The van der Waals surface area contributed by atoms with Gasteiger partial charge in [0.15, 0.2) is 11.4 Å². The van der Waals surface area contributed by atoms with E-state index in [0.717, 1.165) is 15.0 Å². The van der Waals surface area contributed by atoms with E-state index in [1.54, 1.807) is 12.1 Å². The van der Waals surface area contributed by atoms with Crippen LogP contribution in [-0.2, 0) is 19.1 Å². The van der Waals surface area contributed by atoms with E-state index in [1.807, 2.05) is 30.0 Å². The van der Waals surface area contributed by atoms with Crippen molar-refractivity contribution >= 4 is 56.3 Å². The molecule has 0 unspecified atom stereocenters. The number of carbonyl (C=O) groups is 2. The van der Waals surface area contributed by atoms with Crippen LogP contribution in [0, 0.1) is 6.92 Å². The summed E-state index contributed by atoms with van der Waals surface area (Å²) in [4.78, 5) is 33.1. The fourth-order valence-corrected chi connectivity index (χ4v) is 4.82. The van der Waals surface area contributed by atoms with Gasteiger partial charge in [-0.3, -0.25) is 9.59 Å². The Balaban J connectivity index is 1.47. The van der Waals surface area contributed by atoms with Crippen molar-refractivity contribution in [3.8, 4) is 0 Å². The summed E-state index contributed by atoms with van der Waals surface area (Å²) in [5.41, 5.74) is 1.46. The summed E-state index contributed by atoms with van der Waals surface area (Å²) in [6.07, 6.45) is 0. The quantitative estimate of drug-likeness (QED) is 0.565. The van der Waals surface area contributed by atoms with Crippen LogP contribution in [0.1, 0.15) is 15.2 Å². The van der Waals surface area contributed by atoms with Gasteiger partial charge in [-0.05, 0) is 58.7 Å². The van der Waals surface area contributed by atoms with Crippen LogP contribution < -0.4 is 15.5 Å². The normalized spacial score (nSPS) is 18.7. The van der Waals surface area contributed by atoms with E-state index >= 15 is 0 Å². The number of thiophene rings is 1. The molecule has 1 aromatic carbocycles. The summed E-state index contributed by atoms with van der Waals surface area (Å²) in [6.45, 7) is 3.82. The standard InChI is InChI=1S/C21H23BrN4O5S/c1-13-9-14(3-4-15(13)26-7-8-30-10-18(26)25-29-2)23-20(28)21(11-31-12-21)24-19(27)16-5-6-17(22)32-16/h3-6,9H,7-8,10-12H2,1-2H3,(H,23,28)(H,24,27)/b25-18-. The molecule has 11 heteroatoms. The summed E-state index contributed by atoms with van der Waals surface area (Å²) in [6, 6.07) is 9.15. The Morgan fingerprint density at radius 2 is 2.06 bits per heavy atom. The van der Waals surface area contributed by atoms with Crippen LogP contribution in [0.25, 0.3) is 0 Å². The summed E-state index contributed by atoms with van der Waals surface area (Å²) in [5.74, 6) is 0.0722. The van der Waals surface area contributed by atoms with Crippen LogP contribution in [0.3, 0.4) is 0 Å². The van der Waals surface area contributed by atoms with Crippen molar-refractivity contribution in [1.82, 2.24) is 5.32 Å². The molecule has 2 saturated heterocycles. The molecule has 170 valence electrons. The average molecular weight is 523 g/mol. The smallest absolute Gasteiger partial charge is 0.262 e. The minimum Gasteiger partial charge on any atom is -0.398 e. The lowest BCUT2D eigenvalue weighted by Gasteiger charge is -2.40. The number of morpholine rings is 1. The van der Waals surface area contributed by atoms with Crippen molar-refractivity contribution in [2.75, 3.05) is 50.3 Å². The van der Waals surface area contributed by atoms with E-state index < -0.39 is 5.54 Å². The minimum absolute atomic E-state index is 0.124. The molecule has 0 saturated carbocycles. The van der Waals surface area contributed by atoms with Gasteiger partial charge in [0.2, 0.25) is 0 Å².